The number of hydrogen-bond donors (Lipinski definition) is 0. The van der Waals surface area contributed by atoms with Gasteiger partial charge < -0.3 is 9.57 Å². The van der Waals surface area contributed by atoms with E-state index in [0.29, 0.717) is 17.6 Å². The maximum absolute atomic E-state index is 12.6. The second-order valence-electron chi connectivity index (χ2n) is 4.95. The number of fused-ring (bicyclic) bond motifs is 1. The Morgan fingerprint density at radius 1 is 1.30 bits per heavy atom. The monoisotopic (exact) mass is 316 g/mol. The minimum atomic E-state index is -0.486. The van der Waals surface area contributed by atoms with Crippen molar-refractivity contribution < 1.29 is 19.2 Å². The first kappa shape index (κ1) is 16.7. The van der Waals surface area contributed by atoms with Crippen LogP contribution < -0.4 is 0 Å². The van der Waals surface area contributed by atoms with Crippen molar-refractivity contribution in [3.8, 4) is 0 Å². The van der Waals surface area contributed by atoms with Crippen molar-refractivity contribution in [1.82, 2.24) is 4.57 Å². The first-order valence-electron chi connectivity index (χ1n) is 7.47. The minimum absolute atomic E-state index is 0.181. The molecule has 6 nitrogen and oxygen atoms in total. The number of esters is 1. The summed E-state index contributed by atoms with van der Waals surface area (Å²) in [6.45, 7) is 3.82. The van der Waals surface area contributed by atoms with Gasteiger partial charge in [0.05, 0.1) is 12.1 Å². The molecule has 1 aromatic carbocycles. The molecule has 0 saturated carbocycles. The van der Waals surface area contributed by atoms with E-state index in [1.54, 1.807) is 6.92 Å². The van der Waals surface area contributed by atoms with Crippen LogP contribution in [0.3, 0.4) is 0 Å². The largest absolute Gasteiger partial charge is 0.461 e. The summed E-state index contributed by atoms with van der Waals surface area (Å²) < 4.78 is 6.56. The third-order valence-electron chi connectivity index (χ3n) is 3.51. The summed E-state index contributed by atoms with van der Waals surface area (Å²) in [6.07, 6.45) is 2.18. The number of rotatable bonds is 6. The van der Waals surface area contributed by atoms with Crippen molar-refractivity contribution in [2.45, 2.75) is 26.7 Å². The van der Waals surface area contributed by atoms with Gasteiger partial charge >= 0.3 is 5.97 Å². The first-order valence-corrected chi connectivity index (χ1v) is 7.47. The van der Waals surface area contributed by atoms with E-state index in [9.17, 15) is 9.59 Å². The maximum atomic E-state index is 12.6. The van der Waals surface area contributed by atoms with Gasteiger partial charge in [-0.15, -0.1) is 0 Å². The Morgan fingerprint density at radius 2 is 2.04 bits per heavy atom. The second-order valence-corrected chi connectivity index (χ2v) is 4.95. The molecule has 0 aliphatic heterocycles. The molecule has 1 aromatic heterocycles. The van der Waals surface area contributed by atoms with Crippen LogP contribution in [0, 0.1) is 6.92 Å². The lowest BCUT2D eigenvalue weighted by molar-refractivity contribution is 0.0508. The van der Waals surface area contributed by atoms with Crippen LogP contribution in [0.4, 0.5) is 0 Å². The fourth-order valence-electron chi connectivity index (χ4n) is 2.53. The Kier molecular flexibility index (Phi) is 5.51. The second kappa shape index (κ2) is 7.58. The highest BCUT2D eigenvalue weighted by molar-refractivity contribution is 6.05. The van der Waals surface area contributed by atoms with Crippen molar-refractivity contribution in [3.63, 3.8) is 0 Å². The topological polar surface area (TPSA) is 69.9 Å². The van der Waals surface area contributed by atoms with E-state index in [-0.39, 0.29) is 18.9 Å². The van der Waals surface area contributed by atoms with Crippen molar-refractivity contribution >= 4 is 29.0 Å². The molecule has 1 heterocycles. The number of nitrogens with zero attached hydrogens (tertiary/aromatic N) is 2. The number of aromatic nitrogens is 1. The third kappa shape index (κ3) is 3.41. The lowest BCUT2D eigenvalue weighted by Gasteiger charge is -2.08. The predicted octanol–water partition coefficient (Wildman–Crippen LogP) is 3.18. The number of aryl methyl sites for hydroxylation is 1. The highest BCUT2D eigenvalue weighted by Crippen LogP contribution is 2.26. The first-order chi connectivity index (χ1) is 11.1. The summed E-state index contributed by atoms with van der Waals surface area (Å²) in [5, 5.41) is 4.48. The predicted molar refractivity (Wildman–Crippen MR) is 88.0 cm³/mol. The van der Waals surface area contributed by atoms with E-state index in [0.717, 1.165) is 10.9 Å². The van der Waals surface area contributed by atoms with E-state index in [2.05, 4.69) is 9.99 Å². The average Bonchev–Trinajstić information content (AvgIpc) is 2.85. The van der Waals surface area contributed by atoms with E-state index in [1.807, 2.05) is 31.2 Å². The van der Waals surface area contributed by atoms with Crippen LogP contribution in [0.15, 0.2) is 29.4 Å². The molecule has 2 rings (SSSR count). The number of carbonyl (C=O) groups excluding carboxylic acids is 2. The third-order valence-corrected chi connectivity index (χ3v) is 3.51. The summed E-state index contributed by atoms with van der Waals surface area (Å²) >= 11 is 0. The van der Waals surface area contributed by atoms with Gasteiger partial charge in [-0.1, -0.05) is 23.4 Å². The van der Waals surface area contributed by atoms with Gasteiger partial charge in [-0.05, 0) is 31.9 Å². The molecule has 0 aliphatic rings. The zero-order chi connectivity index (χ0) is 16.8. The molecular formula is C17H20N2O4. The van der Waals surface area contributed by atoms with Gasteiger partial charge in [-0.3, -0.25) is 9.36 Å². The van der Waals surface area contributed by atoms with Crippen molar-refractivity contribution in [2.75, 3.05) is 13.7 Å². The molecule has 0 bridgehead atoms. The quantitative estimate of drug-likeness (QED) is 0.466. The van der Waals surface area contributed by atoms with E-state index < -0.39 is 5.97 Å². The summed E-state index contributed by atoms with van der Waals surface area (Å²) in [5.74, 6) is -0.667. The van der Waals surface area contributed by atoms with Crippen LogP contribution in [0.1, 0.15) is 40.6 Å². The van der Waals surface area contributed by atoms with Crippen LogP contribution in [0.25, 0.3) is 10.9 Å². The number of carbonyl (C=O) groups is 2. The molecule has 0 radical (unpaired) electrons. The van der Waals surface area contributed by atoms with Gasteiger partial charge in [0.2, 0.25) is 5.91 Å². The number of oxime groups is 1. The average molecular weight is 316 g/mol. The van der Waals surface area contributed by atoms with Crippen molar-refractivity contribution in [2.24, 2.45) is 5.16 Å². The summed E-state index contributed by atoms with van der Waals surface area (Å²) in [4.78, 5) is 29.5. The summed E-state index contributed by atoms with van der Waals surface area (Å²) in [6, 6.07) is 7.44. The van der Waals surface area contributed by atoms with Gasteiger partial charge in [0.25, 0.3) is 0 Å². The lowest BCUT2D eigenvalue weighted by Crippen LogP contribution is -2.19. The van der Waals surface area contributed by atoms with Gasteiger partial charge in [-0.25, -0.2) is 4.79 Å². The molecular weight excluding hydrogens is 296 g/mol. The fraction of sp³-hybridized carbons (Fsp3) is 0.353. The van der Waals surface area contributed by atoms with Crippen LogP contribution >= 0.6 is 0 Å². The molecule has 0 atom stereocenters. The normalized spacial score (nSPS) is 11.1. The highest BCUT2D eigenvalue weighted by Gasteiger charge is 2.24. The molecule has 2 aromatic rings. The number of ether oxygens (including phenoxy) is 1. The number of para-hydroxylation sites is 1. The standard InChI is InChI=1S/C17H20N2O4/c1-4-23-17(21)16-12(2)13-8-5-6-9-14(13)19(16)15(20)10-7-11-18-22-3/h5-6,8-9,11H,4,7,10H2,1-3H3/b18-11+. The SMILES string of the molecule is CCOC(=O)c1c(C)c2ccccc2n1C(=O)CC/C=N/OC. The van der Waals surface area contributed by atoms with Crippen molar-refractivity contribution in [3.05, 3.63) is 35.5 Å². The van der Waals surface area contributed by atoms with Gasteiger partial charge in [-0.2, -0.15) is 0 Å². The van der Waals surface area contributed by atoms with E-state index in [1.165, 1.54) is 17.9 Å². The summed E-state index contributed by atoms with van der Waals surface area (Å²) in [7, 11) is 1.44. The zero-order valence-corrected chi connectivity index (χ0v) is 13.5. The highest BCUT2D eigenvalue weighted by atomic mass is 16.6. The Bertz CT molecular complexity index is 746. The molecule has 0 amide bonds. The minimum Gasteiger partial charge on any atom is -0.461 e. The molecule has 0 aliphatic carbocycles. The van der Waals surface area contributed by atoms with E-state index in [4.69, 9.17) is 4.74 Å². The number of hydrogen-bond acceptors (Lipinski definition) is 5. The van der Waals surface area contributed by atoms with Crippen LogP contribution in [-0.2, 0) is 9.57 Å². The molecule has 6 heteroatoms. The molecule has 0 N–H and O–H groups in total. The Labute approximate surface area is 134 Å². The molecule has 0 spiro atoms. The van der Waals surface area contributed by atoms with Gasteiger partial charge in [0.1, 0.15) is 12.8 Å². The Morgan fingerprint density at radius 3 is 2.74 bits per heavy atom. The molecule has 0 unspecified atom stereocenters. The van der Waals surface area contributed by atoms with Crippen LogP contribution in [0.2, 0.25) is 0 Å². The molecule has 23 heavy (non-hydrogen) atoms. The Hall–Kier alpha value is -2.63. The smallest absolute Gasteiger partial charge is 0.355 e. The van der Waals surface area contributed by atoms with Crippen LogP contribution in [0.5, 0.6) is 0 Å². The zero-order valence-electron chi connectivity index (χ0n) is 13.5. The maximum Gasteiger partial charge on any atom is 0.355 e. The number of benzene rings is 1. The van der Waals surface area contributed by atoms with Gasteiger partial charge in [0.15, 0.2) is 0 Å². The van der Waals surface area contributed by atoms with Crippen molar-refractivity contribution in [1.29, 1.82) is 0 Å². The van der Waals surface area contributed by atoms with Gasteiger partial charge in [0, 0.05) is 18.0 Å². The van der Waals surface area contributed by atoms with Crippen LogP contribution in [-0.4, -0.2) is 36.4 Å². The Balaban J connectivity index is 2.47. The summed E-state index contributed by atoms with van der Waals surface area (Å²) in [5.41, 5.74) is 1.75. The molecule has 122 valence electrons. The molecule has 0 fully saturated rings. The molecule has 0 saturated heterocycles. The lowest BCUT2D eigenvalue weighted by atomic mass is 10.1. The fourth-order valence-corrected chi connectivity index (χ4v) is 2.53. The van der Waals surface area contributed by atoms with E-state index >= 15 is 0 Å².